The van der Waals surface area contributed by atoms with Crippen LogP contribution >= 0.6 is 0 Å². The summed E-state index contributed by atoms with van der Waals surface area (Å²) in [6, 6.07) is 6.51. The van der Waals surface area contributed by atoms with Gasteiger partial charge in [-0.1, -0.05) is 12.1 Å². The Labute approximate surface area is 148 Å². The molecule has 0 saturated carbocycles. The molecule has 2 N–H and O–H groups in total. The fraction of sp³-hybridized carbons (Fsp3) is 0.579. The Morgan fingerprint density at radius 1 is 1.04 bits per heavy atom. The minimum absolute atomic E-state index is 0.0324. The van der Waals surface area contributed by atoms with Crippen LogP contribution in [0.1, 0.15) is 43.7 Å². The maximum absolute atomic E-state index is 13.2. The quantitative estimate of drug-likeness (QED) is 0.907. The summed E-state index contributed by atoms with van der Waals surface area (Å²) in [6.07, 6.45) is 4.46. The zero-order valence-corrected chi connectivity index (χ0v) is 14.5. The Morgan fingerprint density at radius 2 is 1.72 bits per heavy atom. The van der Waals surface area contributed by atoms with Crippen LogP contribution in [0.15, 0.2) is 24.3 Å². The molecule has 136 valence electrons. The number of rotatable bonds is 4. The van der Waals surface area contributed by atoms with Crippen LogP contribution < -0.4 is 5.73 Å². The normalized spacial score (nSPS) is 22.8. The van der Waals surface area contributed by atoms with Crippen molar-refractivity contribution in [3.05, 3.63) is 35.6 Å². The molecule has 1 unspecified atom stereocenters. The van der Waals surface area contributed by atoms with Crippen LogP contribution in [0.4, 0.5) is 4.39 Å². The molecule has 1 aromatic rings. The Morgan fingerprint density at radius 3 is 2.36 bits per heavy atom. The molecule has 0 aromatic heterocycles. The highest BCUT2D eigenvalue weighted by Gasteiger charge is 2.30. The molecule has 3 rings (SSSR count). The summed E-state index contributed by atoms with van der Waals surface area (Å²) in [6.45, 7) is 2.59. The van der Waals surface area contributed by atoms with Crippen LogP contribution in [0.2, 0.25) is 0 Å². The molecule has 0 spiro atoms. The number of carbonyl (C=O) groups excluding carboxylic acids is 2. The van der Waals surface area contributed by atoms with Crippen molar-refractivity contribution in [2.24, 2.45) is 11.7 Å². The van der Waals surface area contributed by atoms with Gasteiger partial charge in [0.1, 0.15) is 5.82 Å². The third-order valence-electron chi connectivity index (χ3n) is 5.43. The molecule has 0 radical (unpaired) electrons. The van der Waals surface area contributed by atoms with Gasteiger partial charge in [0.15, 0.2) is 0 Å². The molecule has 1 aromatic carbocycles. The molecule has 2 aliphatic rings. The Hall–Kier alpha value is -1.95. The summed E-state index contributed by atoms with van der Waals surface area (Å²) in [4.78, 5) is 28.2. The number of halogens is 1. The lowest BCUT2D eigenvalue weighted by Crippen LogP contribution is -2.47. The highest BCUT2D eigenvalue weighted by atomic mass is 19.1. The third-order valence-corrected chi connectivity index (χ3v) is 5.43. The van der Waals surface area contributed by atoms with E-state index in [0.717, 1.165) is 57.3 Å². The third kappa shape index (κ3) is 4.37. The van der Waals surface area contributed by atoms with E-state index in [1.807, 2.05) is 4.90 Å². The number of benzene rings is 1. The van der Waals surface area contributed by atoms with Gasteiger partial charge in [0, 0.05) is 12.5 Å². The summed E-state index contributed by atoms with van der Waals surface area (Å²) in [7, 11) is 0. The summed E-state index contributed by atoms with van der Waals surface area (Å²) < 4.78 is 13.2. The number of carbonyl (C=O) groups is 2. The minimum atomic E-state index is -0.255. The van der Waals surface area contributed by atoms with Gasteiger partial charge in [0.2, 0.25) is 11.8 Å². The zero-order valence-electron chi connectivity index (χ0n) is 14.5. The first-order valence-electron chi connectivity index (χ1n) is 9.11. The van der Waals surface area contributed by atoms with Gasteiger partial charge in [-0.15, -0.1) is 0 Å². The largest absolute Gasteiger partial charge is 0.369 e. The number of likely N-dealkylation sites (tertiary alicyclic amines) is 2. The second kappa shape index (κ2) is 7.95. The van der Waals surface area contributed by atoms with Crippen LogP contribution in [0.25, 0.3) is 0 Å². The van der Waals surface area contributed by atoms with Crippen molar-refractivity contribution < 1.29 is 14.0 Å². The SMILES string of the molecule is NC(=O)C1CCN(CC(=O)N2CCCCC2c2ccc(F)cc2)CC1. The van der Waals surface area contributed by atoms with E-state index in [9.17, 15) is 14.0 Å². The second-order valence-corrected chi connectivity index (χ2v) is 7.10. The first-order valence-corrected chi connectivity index (χ1v) is 9.11. The van der Waals surface area contributed by atoms with Crippen molar-refractivity contribution in [3.63, 3.8) is 0 Å². The lowest BCUT2D eigenvalue weighted by atomic mass is 9.94. The Kier molecular flexibility index (Phi) is 5.68. The monoisotopic (exact) mass is 347 g/mol. The molecule has 2 saturated heterocycles. The van der Waals surface area contributed by atoms with E-state index in [0.29, 0.717) is 6.54 Å². The predicted octanol–water partition coefficient (Wildman–Crippen LogP) is 2.08. The number of amides is 2. The number of hydrogen-bond donors (Lipinski definition) is 1. The first kappa shape index (κ1) is 17.9. The van der Waals surface area contributed by atoms with E-state index in [-0.39, 0.29) is 29.6 Å². The smallest absolute Gasteiger partial charge is 0.237 e. The van der Waals surface area contributed by atoms with Gasteiger partial charge in [0.25, 0.3) is 0 Å². The maximum Gasteiger partial charge on any atom is 0.237 e. The molecule has 2 fully saturated rings. The summed E-state index contributed by atoms with van der Waals surface area (Å²) in [5.74, 6) is -0.437. The van der Waals surface area contributed by atoms with E-state index in [1.165, 1.54) is 12.1 Å². The van der Waals surface area contributed by atoms with Crippen LogP contribution in [0.5, 0.6) is 0 Å². The van der Waals surface area contributed by atoms with E-state index in [4.69, 9.17) is 5.73 Å². The van der Waals surface area contributed by atoms with Crippen molar-refractivity contribution in [1.82, 2.24) is 9.80 Å². The van der Waals surface area contributed by atoms with Gasteiger partial charge in [0.05, 0.1) is 12.6 Å². The number of hydrogen-bond acceptors (Lipinski definition) is 3. The molecule has 5 nitrogen and oxygen atoms in total. The van der Waals surface area contributed by atoms with Gasteiger partial charge >= 0.3 is 0 Å². The highest BCUT2D eigenvalue weighted by molar-refractivity contribution is 5.79. The lowest BCUT2D eigenvalue weighted by molar-refractivity contribution is -0.136. The molecule has 0 bridgehead atoms. The number of primary amides is 1. The summed E-state index contributed by atoms with van der Waals surface area (Å²) in [5, 5.41) is 0. The van der Waals surface area contributed by atoms with Crippen LogP contribution in [-0.2, 0) is 9.59 Å². The maximum atomic E-state index is 13.2. The number of piperidine rings is 2. The molecule has 2 heterocycles. The number of nitrogens with zero attached hydrogens (tertiary/aromatic N) is 2. The van der Waals surface area contributed by atoms with E-state index in [2.05, 4.69) is 4.90 Å². The van der Waals surface area contributed by atoms with E-state index >= 15 is 0 Å². The standard InChI is InChI=1S/C19H26FN3O2/c20-16-6-4-14(5-7-16)17-3-1-2-10-23(17)18(24)13-22-11-8-15(9-12-22)19(21)25/h4-7,15,17H,1-3,8-13H2,(H2,21,25). The predicted molar refractivity (Wildman–Crippen MR) is 93.1 cm³/mol. The van der Waals surface area contributed by atoms with Crippen LogP contribution in [0.3, 0.4) is 0 Å². The Bertz CT molecular complexity index is 612. The minimum Gasteiger partial charge on any atom is -0.369 e. The Balaban J connectivity index is 1.61. The van der Waals surface area contributed by atoms with Crippen LogP contribution in [-0.4, -0.2) is 47.8 Å². The van der Waals surface area contributed by atoms with Crippen molar-refractivity contribution >= 4 is 11.8 Å². The molecule has 25 heavy (non-hydrogen) atoms. The van der Waals surface area contributed by atoms with E-state index in [1.54, 1.807) is 12.1 Å². The van der Waals surface area contributed by atoms with Crippen molar-refractivity contribution in [3.8, 4) is 0 Å². The average Bonchev–Trinajstić information content (AvgIpc) is 2.63. The first-order chi connectivity index (χ1) is 12.0. The molecular weight excluding hydrogens is 321 g/mol. The highest BCUT2D eigenvalue weighted by Crippen LogP contribution is 2.31. The van der Waals surface area contributed by atoms with Gasteiger partial charge in [-0.3, -0.25) is 14.5 Å². The van der Waals surface area contributed by atoms with E-state index < -0.39 is 0 Å². The molecule has 1 atom stereocenters. The van der Waals surface area contributed by atoms with Crippen LogP contribution in [0, 0.1) is 11.7 Å². The summed E-state index contributed by atoms with van der Waals surface area (Å²) in [5.41, 5.74) is 6.37. The molecule has 2 amide bonds. The summed E-state index contributed by atoms with van der Waals surface area (Å²) >= 11 is 0. The van der Waals surface area contributed by atoms with Gasteiger partial charge in [-0.05, 0) is 62.9 Å². The fourth-order valence-electron chi connectivity index (χ4n) is 3.92. The second-order valence-electron chi connectivity index (χ2n) is 7.10. The molecular formula is C19H26FN3O2. The molecule has 6 heteroatoms. The van der Waals surface area contributed by atoms with Crippen molar-refractivity contribution in [2.75, 3.05) is 26.2 Å². The number of nitrogens with two attached hydrogens (primary N) is 1. The topological polar surface area (TPSA) is 66.6 Å². The lowest BCUT2D eigenvalue weighted by Gasteiger charge is -2.38. The average molecular weight is 347 g/mol. The zero-order chi connectivity index (χ0) is 17.8. The fourth-order valence-corrected chi connectivity index (χ4v) is 3.92. The van der Waals surface area contributed by atoms with Crippen molar-refractivity contribution in [1.29, 1.82) is 0 Å². The molecule has 0 aliphatic carbocycles. The van der Waals surface area contributed by atoms with Gasteiger partial charge in [-0.2, -0.15) is 0 Å². The van der Waals surface area contributed by atoms with Gasteiger partial charge < -0.3 is 10.6 Å². The van der Waals surface area contributed by atoms with Crippen molar-refractivity contribution in [2.45, 2.75) is 38.1 Å². The van der Waals surface area contributed by atoms with Gasteiger partial charge in [-0.25, -0.2) is 4.39 Å². The molecule has 2 aliphatic heterocycles.